The molecule has 0 saturated carbocycles. The molecule has 0 unspecified atom stereocenters. The van der Waals surface area contributed by atoms with Gasteiger partial charge in [0.1, 0.15) is 0 Å². The van der Waals surface area contributed by atoms with Crippen LogP contribution in [0.5, 0.6) is 0 Å². The summed E-state index contributed by atoms with van der Waals surface area (Å²) < 4.78 is 0. The van der Waals surface area contributed by atoms with Crippen LogP contribution >= 0.6 is 0 Å². The summed E-state index contributed by atoms with van der Waals surface area (Å²) in [4.78, 5) is 2.84. The molecule has 0 aromatic carbocycles. The van der Waals surface area contributed by atoms with Crippen molar-refractivity contribution in [3.63, 3.8) is 0 Å². The third-order valence-electron chi connectivity index (χ3n) is 0.778. The number of hydrogen-bond donors (Lipinski definition) is 2. The second kappa shape index (κ2) is 1.60. The molecule has 0 aliphatic heterocycles. The minimum Gasteiger partial charge on any atom is -0.360 e. The van der Waals surface area contributed by atoms with Gasteiger partial charge in [-0.15, -0.1) is 0 Å². The van der Waals surface area contributed by atoms with Crippen LogP contribution in [0.1, 0.15) is 5.69 Å². The average molecular weight is 94.1 g/mol. The lowest BCUT2D eigenvalue weighted by Crippen LogP contribution is -1.72. The first-order chi connectivity index (χ1) is 3.43. The summed E-state index contributed by atoms with van der Waals surface area (Å²) >= 11 is 0. The van der Waals surface area contributed by atoms with Gasteiger partial charge in [-0.05, 0) is 12.1 Å². The highest BCUT2D eigenvalue weighted by Crippen LogP contribution is 1.85. The first-order valence-electron chi connectivity index (χ1n) is 2.07. The van der Waals surface area contributed by atoms with Gasteiger partial charge >= 0.3 is 0 Å². The third-order valence-corrected chi connectivity index (χ3v) is 0.778. The van der Waals surface area contributed by atoms with E-state index in [2.05, 4.69) is 4.98 Å². The Bertz CT molecular complexity index is 141. The highest BCUT2D eigenvalue weighted by Gasteiger charge is 1.78. The fourth-order valence-electron chi connectivity index (χ4n) is 0.434. The minimum atomic E-state index is 0.847. The molecule has 36 valence electrons. The highest BCUT2D eigenvalue weighted by molar-refractivity contribution is 5.73. The Morgan fingerprint density at radius 1 is 1.71 bits per heavy atom. The Morgan fingerprint density at radius 2 is 2.57 bits per heavy atom. The fraction of sp³-hybridized carbons (Fsp3) is 0. The van der Waals surface area contributed by atoms with E-state index in [1.807, 2.05) is 12.1 Å². The Balaban J connectivity index is 2.96. The lowest BCUT2D eigenvalue weighted by Gasteiger charge is -1.73. The number of H-pyrrole nitrogens is 1. The van der Waals surface area contributed by atoms with E-state index in [0.29, 0.717) is 0 Å². The van der Waals surface area contributed by atoms with E-state index in [9.17, 15) is 0 Å². The quantitative estimate of drug-likeness (QED) is 0.487. The molecule has 0 atom stereocenters. The number of rotatable bonds is 1. The van der Waals surface area contributed by atoms with Crippen LogP contribution in [0.25, 0.3) is 0 Å². The van der Waals surface area contributed by atoms with Crippen molar-refractivity contribution in [3.05, 3.63) is 24.0 Å². The monoisotopic (exact) mass is 94.1 g/mol. The molecule has 0 amide bonds. The van der Waals surface area contributed by atoms with Gasteiger partial charge in [0, 0.05) is 12.4 Å². The van der Waals surface area contributed by atoms with E-state index in [0.717, 1.165) is 5.69 Å². The summed E-state index contributed by atoms with van der Waals surface area (Å²) in [6.45, 7) is 0. The number of aromatic amines is 1. The van der Waals surface area contributed by atoms with Gasteiger partial charge in [0.05, 0.1) is 5.69 Å². The maximum Gasteiger partial charge on any atom is 0.0559 e. The Labute approximate surface area is 41.7 Å². The van der Waals surface area contributed by atoms with Gasteiger partial charge in [0.2, 0.25) is 0 Å². The largest absolute Gasteiger partial charge is 0.360 e. The van der Waals surface area contributed by atoms with Crippen molar-refractivity contribution < 1.29 is 0 Å². The maximum atomic E-state index is 6.70. The molecule has 0 bridgehead atoms. The molecule has 1 aromatic heterocycles. The summed E-state index contributed by atoms with van der Waals surface area (Å²) in [5, 5.41) is 6.70. The molecule has 0 fully saturated rings. The molecule has 1 heterocycles. The zero-order valence-corrected chi connectivity index (χ0v) is 3.81. The predicted molar refractivity (Wildman–Crippen MR) is 28.7 cm³/mol. The summed E-state index contributed by atoms with van der Waals surface area (Å²) in [5.74, 6) is 0. The van der Waals surface area contributed by atoms with Gasteiger partial charge in [0.25, 0.3) is 0 Å². The van der Waals surface area contributed by atoms with Gasteiger partial charge < -0.3 is 10.4 Å². The Morgan fingerprint density at radius 3 is 2.86 bits per heavy atom. The van der Waals surface area contributed by atoms with Crippen molar-refractivity contribution in [2.75, 3.05) is 0 Å². The topological polar surface area (TPSA) is 39.6 Å². The van der Waals surface area contributed by atoms with Crippen LogP contribution in [0, 0.1) is 5.41 Å². The van der Waals surface area contributed by atoms with Crippen LogP contribution in [0.2, 0.25) is 0 Å². The van der Waals surface area contributed by atoms with E-state index >= 15 is 0 Å². The third kappa shape index (κ3) is 0.682. The van der Waals surface area contributed by atoms with Gasteiger partial charge in [-0.25, -0.2) is 0 Å². The van der Waals surface area contributed by atoms with Gasteiger partial charge in [-0.1, -0.05) is 0 Å². The van der Waals surface area contributed by atoms with E-state index in [1.54, 1.807) is 6.20 Å². The molecule has 7 heavy (non-hydrogen) atoms. The van der Waals surface area contributed by atoms with Crippen LogP contribution in [0.15, 0.2) is 18.3 Å². The lowest BCUT2D eigenvalue weighted by molar-refractivity contribution is 1.37. The molecule has 0 aliphatic carbocycles. The molecule has 2 N–H and O–H groups in total. The molecule has 0 spiro atoms. The standard InChI is InChI=1S/C5H6N2/c6-4-5-2-1-3-7-5/h1-4,6-7H. The Hall–Kier alpha value is -1.05. The van der Waals surface area contributed by atoms with Crippen molar-refractivity contribution >= 4 is 6.21 Å². The van der Waals surface area contributed by atoms with Crippen molar-refractivity contribution in [2.45, 2.75) is 0 Å². The van der Waals surface area contributed by atoms with Gasteiger partial charge in [0.15, 0.2) is 0 Å². The van der Waals surface area contributed by atoms with Crippen molar-refractivity contribution in [1.29, 1.82) is 5.41 Å². The Kier molecular flexibility index (Phi) is 0.941. The van der Waals surface area contributed by atoms with Crippen LogP contribution in [0.3, 0.4) is 0 Å². The summed E-state index contributed by atoms with van der Waals surface area (Å²) in [5.41, 5.74) is 0.847. The zero-order chi connectivity index (χ0) is 5.11. The molecule has 0 aliphatic rings. The highest BCUT2D eigenvalue weighted by atomic mass is 14.7. The summed E-state index contributed by atoms with van der Waals surface area (Å²) in [7, 11) is 0. The zero-order valence-electron chi connectivity index (χ0n) is 3.81. The van der Waals surface area contributed by atoms with Crippen LogP contribution in [0.4, 0.5) is 0 Å². The summed E-state index contributed by atoms with van der Waals surface area (Å²) in [6, 6.07) is 3.70. The predicted octanol–water partition coefficient (Wildman–Crippen LogP) is 1.01. The first-order valence-corrected chi connectivity index (χ1v) is 2.07. The fourth-order valence-corrected chi connectivity index (χ4v) is 0.434. The SMILES string of the molecule is N=Cc1ccc[nH]1. The molecule has 1 rings (SSSR count). The van der Waals surface area contributed by atoms with Crippen LogP contribution in [-0.4, -0.2) is 11.2 Å². The molecule has 2 nitrogen and oxygen atoms in total. The minimum absolute atomic E-state index is 0.847. The molecular weight excluding hydrogens is 88.1 g/mol. The van der Waals surface area contributed by atoms with Crippen LogP contribution in [-0.2, 0) is 0 Å². The van der Waals surface area contributed by atoms with Gasteiger partial charge in [-0.2, -0.15) is 0 Å². The smallest absolute Gasteiger partial charge is 0.0559 e. The molecule has 0 radical (unpaired) electrons. The van der Waals surface area contributed by atoms with Gasteiger partial charge in [-0.3, -0.25) is 0 Å². The van der Waals surface area contributed by atoms with Crippen molar-refractivity contribution in [1.82, 2.24) is 4.98 Å². The second-order valence-electron chi connectivity index (χ2n) is 1.27. The lowest BCUT2D eigenvalue weighted by atomic mass is 10.5. The number of nitrogens with one attached hydrogen (secondary N) is 2. The van der Waals surface area contributed by atoms with E-state index in [1.165, 1.54) is 6.21 Å². The normalized spacial score (nSPS) is 8.57. The summed E-state index contributed by atoms with van der Waals surface area (Å²) in [6.07, 6.45) is 3.07. The van der Waals surface area contributed by atoms with Crippen LogP contribution < -0.4 is 0 Å². The van der Waals surface area contributed by atoms with Crippen molar-refractivity contribution in [3.8, 4) is 0 Å². The molecular formula is C5H6N2. The van der Waals surface area contributed by atoms with E-state index in [-0.39, 0.29) is 0 Å². The number of aromatic nitrogens is 1. The van der Waals surface area contributed by atoms with Crippen molar-refractivity contribution in [2.24, 2.45) is 0 Å². The molecule has 1 aromatic rings. The number of hydrogen-bond acceptors (Lipinski definition) is 1. The average Bonchev–Trinajstić information content (AvgIpc) is 2.14. The molecule has 2 heteroatoms. The van der Waals surface area contributed by atoms with E-state index < -0.39 is 0 Å². The maximum absolute atomic E-state index is 6.70. The molecule has 0 saturated heterocycles. The van der Waals surface area contributed by atoms with E-state index in [4.69, 9.17) is 5.41 Å². The first kappa shape index (κ1) is 4.12. The second-order valence-corrected chi connectivity index (χ2v) is 1.27.